The van der Waals surface area contributed by atoms with Crippen molar-refractivity contribution in [1.82, 2.24) is 9.88 Å². The average Bonchev–Trinajstić information content (AvgIpc) is 2.93. The number of benzene rings is 2. The Balaban J connectivity index is 1.81. The number of rotatable bonds is 3. The molecule has 29 heavy (non-hydrogen) atoms. The van der Waals surface area contributed by atoms with Gasteiger partial charge in [0.25, 0.3) is 5.91 Å². The van der Waals surface area contributed by atoms with Crippen LogP contribution in [0.15, 0.2) is 48.7 Å². The van der Waals surface area contributed by atoms with Gasteiger partial charge in [0.1, 0.15) is 11.6 Å². The molecule has 1 amide bonds. The highest BCUT2D eigenvalue weighted by molar-refractivity contribution is 6.18. The summed E-state index contributed by atoms with van der Waals surface area (Å²) in [7, 11) is 0. The van der Waals surface area contributed by atoms with Crippen molar-refractivity contribution < 1.29 is 23.1 Å². The molecule has 1 aliphatic heterocycles. The number of hydrogen-bond donors (Lipinski definition) is 1. The van der Waals surface area contributed by atoms with Crippen molar-refractivity contribution >= 4 is 28.4 Å². The second-order valence-electron chi connectivity index (χ2n) is 6.69. The lowest BCUT2D eigenvalue weighted by atomic mass is 10.0. The van der Waals surface area contributed by atoms with E-state index < -0.39 is 23.5 Å². The van der Waals surface area contributed by atoms with E-state index in [-0.39, 0.29) is 24.3 Å². The number of aromatic nitrogens is 1. The first kappa shape index (κ1) is 18.9. The first-order valence-electron chi connectivity index (χ1n) is 9.24. The van der Waals surface area contributed by atoms with Gasteiger partial charge < -0.3 is 14.6 Å². The third-order valence-electron chi connectivity index (χ3n) is 4.85. The standard InChI is InChI=1S/C22H18F2N2O3/c1-2-29-22(28)18-12-26(21(27)13-4-3-5-14(23)10-13)9-8-17-16-7-6-15(24)11-19(16)25-20(17)18/h3-7,10-12,25H,2,8-9H2,1H3. The number of fused-ring (bicyclic) bond motifs is 3. The molecule has 0 bridgehead atoms. The summed E-state index contributed by atoms with van der Waals surface area (Å²) in [6.45, 7) is 2.13. The maximum atomic E-state index is 13.6. The summed E-state index contributed by atoms with van der Waals surface area (Å²) in [6.07, 6.45) is 1.85. The van der Waals surface area contributed by atoms with E-state index >= 15 is 0 Å². The molecule has 5 nitrogen and oxygen atoms in total. The van der Waals surface area contributed by atoms with Crippen LogP contribution in [0.1, 0.15) is 28.5 Å². The Kier molecular flexibility index (Phi) is 4.88. The zero-order valence-corrected chi connectivity index (χ0v) is 15.7. The normalized spacial score (nSPS) is 13.6. The van der Waals surface area contributed by atoms with Crippen LogP contribution in [0.5, 0.6) is 0 Å². The summed E-state index contributed by atoms with van der Waals surface area (Å²) in [4.78, 5) is 30.0. The van der Waals surface area contributed by atoms with Gasteiger partial charge in [-0.25, -0.2) is 13.6 Å². The minimum atomic E-state index is -0.597. The Hall–Kier alpha value is -3.48. The van der Waals surface area contributed by atoms with Crippen molar-refractivity contribution in [3.05, 3.63) is 77.1 Å². The van der Waals surface area contributed by atoms with Crippen molar-refractivity contribution in [3.8, 4) is 0 Å². The molecule has 0 fully saturated rings. The number of carbonyl (C=O) groups excluding carboxylic acids is 2. The smallest absolute Gasteiger partial charge is 0.341 e. The molecule has 0 atom stereocenters. The summed E-state index contributed by atoms with van der Waals surface area (Å²) in [5.74, 6) is -1.93. The van der Waals surface area contributed by atoms with Crippen LogP contribution in [-0.2, 0) is 16.0 Å². The molecule has 2 heterocycles. The SMILES string of the molecule is CCOC(=O)C1=CN(C(=O)c2cccc(F)c2)CCc2c1[nH]c1cc(F)ccc21. The monoisotopic (exact) mass is 396 g/mol. The van der Waals surface area contributed by atoms with E-state index in [0.29, 0.717) is 17.6 Å². The molecule has 0 radical (unpaired) electrons. The summed E-state index contributed by atoms with van der Waals surface area (Å²) in [6, 6.07) is 9.75. The van der Waals surface area contributed by atoms with E-state index in [4.69, 9.17) is 4.74 Å². The summed E-state index contributed by atoms with van der Waals surface area (Å²) < 4.78 is 32.4. The topological polar surface area (TPSA) is 62.4 Å². The van der Waals surface area contributed by atoms with Crippen molar-refractivity contribution in [2.75, 3.05) is 13.2 Å². The van der Waals surface area contributed by atoms with Crippen LogP contribution in [-0.4, -0.2) is 34.9 Å². The Morgan fingerprint density at radius 2 is 1.93 bits per heavy atom. The van der Waals surface area contributed by atoms with E-state index in [9.17, 15) is 18.4 Å². The van der Waals surface area contributed by atoms with Crippen LogP contribution in [0.3, 0.4) is 0 Å². The Bertz CT molecular complexity index is 1150. The molecule has 0 saturated carbocycles. The number of carbonyl (C=O) groups is 2. The van der Waals surface area contributed by atoms with E-state index in [1.165, 1.54) is 41.4 Å². The van der Waals surface area contributed by atoms with Gasteiger partial charge in [0.05, 0.1) is 17.9 Å². The highest BCUT2D eigenvalue weighted by Crippen LogP contribution is 2.32. The molecule has 7 heteroatoms. The number of nitrogens with one attached hydrogen (secondary N) is 1. The number of aromatic amines is 1. The second-order valence-corrected chi connectivity index (χ2v) is 6.69. The molecular weight excluding hydrogens is 378 g/mol. The van der Waals surface area contributed by atoms with Gasteiger partial charge in [-0.2, -0.15) is 0 Å². The minimum absolute atomic E-state index is 0.165. The van der Waals surface area contributed by atoms with Crippen molar-refractivity contribution in [3.63, 3.8) is 0 Å². The van der Waals surface area contributed by atoms with Crippen LogP contribution in [0.25, 0.3) is 16.5 Å². The summed E-state index contributed by atoms with van der Waals surface area (Å²) >= 11 is 0. The first-order valence-corrected chi connectivity index (χ1v) is 9.24. The molecule has 0 unspecified atom stereocenters. The maximum absolute atomic E-state index is 13.6. The van der Waals surface area contributed by atoms with Crippen LogP contribution < -0.4 is 0 Å². The number of esters is 1. The molecular formula is C22H18F2N2O3. The molecule has 148 valence electrons. The highest BCUT2D eigenvalue weighted by atomic mass is 19.1. The van der Waals surface area contributed by atoms with Gasteiger partial charge in [0, 0.05) is 29.2 Å². The van der Waals surface area contributed by atoms with Crippen molar-refractivity contribution in [2.24, 2.45) is 0 Å². The molecule has 3 aromatic rings. The number of halogens is 2. The van der Waals surface area contributed by atoms with Crippen molar-refractivity contribution in [2.45, 2.75) is 13.3 Å². The fourth-order valence-corrected chi connectivity index (χ4v) is 3.55. The molecule has 1 aromatic heterocycles. The molecule has 4 rings (SSSR count). The maximum Gasteiger partial charge on any atom is 0.341 e. The van der Waals surface area contributed by atoms with E-state index in [0.717, 1.165) is 17.0 Å². The quantitative estimate of drug-likeness (QED) is 0.680. The number of ether oxygens (including phenoxy) is 1. The molecule has 2 aromatic carbocycles. The zero-order chi connectivity index (χ0) is 20.5. The van der Waals surface area contributed by atoms with Gasteiger partial charge >= 0.3 is 5.97 Å². The summed E-state index contributed by atoms with van der Waals surface area (Å²) in [5, 5.41) is 0.775. The predicted molar refractivity (Wildman–Crippen MR) is 104 cm³/mol. The highest BCUT2D eigenvalue weighted by Gasteiger charge is 2.27. The van der Waals surface area contributed by atoms with Crippen LogP contribution in [0, 0.1) is 11.6 Å². The lowest BCUT2D eigenvalue weighted by Crippen LogP contribution is -2.28. The minimum Gasteiger partial charge on any atom is -0.462 e. The fraction of sp³-hybridized carbons (Fsp3) is 0.182. The van der Waals surface area contributed by atoms with Gasteiger partial charge in [0.2, 0.25) is 0 Å². The zero-order valence-electron chi connectivity index (χ0n) is 15.7. The van der Waals surface area contributed by atoms with Gasteiger partial charge in [-0.05, 0) is 55.3 Å². The first-order chi connectivity index (χ1) is 14.0. The van der Waals surface area contributed by atoms with Gasteiger partial charge in [-0.15, -0.1) is 0 Å². The number of hydrogen-bond acceptors (Lipinski definition) is 3. The number of H-pyrrole nitrogens is 1. The molecule has 0 saturated heterocycles. The largest absolute Gasteiger partial charge is 0.462 e. The fourth-order valence-electron chi connectivity index (χ4n) is 3.55. The Morgan fingerprint density at radius 1 is 1.14 bits per heavy atom. The van der Waals surface area contributed by atoms with Crippen LogP contribution >= 0.6 is 0 Å². The van der Waals surface area contributed by atoms with E-state index in [1.54, 1.807) is 13.0 Å². The third kappa shape index (κ3) is 3.51. The Morgan fingerprint density at radius 3 is 2.69 bits per heavy atom. The molecule has 0 aliphatic carbocycles. The second kappa shape index (κ2) is 7.50. The lowest BCUT2D eigenvalue weighted by molar-refractivity contribution is -0.136. The van der Waals surface area contributed by atoms with Gasteiger partial charge in [-0.1, -0.05) is 6.07 Å². The molecule has 1 N–H and O–H groups in total. The van der Waals surface area contributed by atoms with E-state index in [2.05, 4.69) is 4.98 Å². The van der Waals surface area contributed by atoms with Crippen molar-refractivity contribution in [1.29, 1.82) is 0 Å². The number of amides is 1. The van der Waals surface area contributed by atoms with Gasteiger partial charge in [0.15, 0.2) is 0 Å². The van der Waals surface area contributed by atoms with Crippen LogP contribution in [0.2, 0.25) is 0 Å². The molecule has 0 spiro atoms. The third-order valence-corrected chi connectivity index (χ3v) is 4.85. The molecule has 1 aliphatic rings. The van der Waals surface area contributed by atoms with Gasteiger partial charge in [-0.3, -0.25) is 4.79 Å². The van der Waals surface area contributed by atoms with Crippen LogP contribution in [0.4, 0.5) is 8.78 Å². The average molecular weight is 396 g/mol. The summed E-state index contributed by atoms with van der Waals surface area (Å²) in [5.41, 5.74) is 2.21. The lowest BCUT2D eigenvalue weighted by Gasteiger charge is -2.18. The predicted octanol–water partition coefficient (Wildman–Crippen LogP) is 4.05. The number of nitrogens with zero attached hydrogens (tertiary/aromatic N) is 1. The Labute approximate surface area is 165 Å². The van der Waals surface area contributed by atoms with E-state index in [1.807, 2.05) is 0 Å².